The number of rotatable bonds is 10. The van der Waals surface area contributed by atoms with E-state index in [1.165, 1.54) is 19.4 Å². The molecule has 4 atom stereocenters. The highest BCUT2D eigenvalue weighted by Gasteiger charge is 2.31. The lowest BCUT2D eigenvalue weighted by Crippen LogP contribution is -2.57. The number of carboxylic acids is 2. The van der Waals surface area contributed by atoms with E-state index in [1.807, 2.05) is 0 Å². The van der Waals surface area contributed by atoms with Crippen LogP contribution in [0.15, 0.2) is 12.5 Å². The van der Waals surface area contributed by atoms with E-state index in [1.54, 1.807) is 0 Å². The molecule has 0 saturated heterocycles. The Bertz CT molecular complexity index is 646. The number of carbonyl (C=O) groups is 4. The summed E-state index contributed by atoms with van der Waals surface area (Å²) in [4.78, 5) is 52.6. The summed E-state index contributed by atoms with van der Waals surface area (Å²) >= 11 is 0. The second-order valence-electron chi connectivity index (χ2n) is 5.61. The van der Waals surface area contributed by atoms with Crippen molar-refractivity contribution >= 4 is 23.8 Å². The zero-order valence-electron chi connectivity index (χ0n) is 13.9. The van der Waals surface area contributed by atoms with Gasteiger partial charge in [0.2, 0.25) is 11.8 Å². The predicted molar refractivity (Wildman–Crippen MR) is 85.7 cm³/mol. The molecular weight excluding hydrogens is 350 g/mol. The number of aliphatic carboxylic acids is 2. The van der Waals surface area contributed by atoms with Crippen LogP contribution in [0.4, 0.5) is 0 Å². The average Bonchev–Trinajstić information content (AvgIpc) is 3.03. The van der Waals surface area contributed by atoms with Crippen molar-refractivity contribution in [1.82, 2.24) is 20.6 Å². The fraction of sp³-hybridized carbons (Fsp3) is 0.500. The number of aliphatic hydroxyl groups is 1. The molecule has 1 rings (SSSR count). The van der Waals surface area contributed by atoms with Gasteiger partial charge < -0.3 is 36.7 Å². The SMILES string of the molecule is C[C@@H](O)[C@H](NC(=O)[C@H](Cc1cnc[nH]1)NC(=O)[C@@H](N)CC(=O)O)C(=O)O. The minimum atomic E-state index is -1.59. The van der Waals surface area contributed by atoms with Crippen LogP contribution in [-0.4, -0.2) is 73.3 Å². The number of aromatic amines is 1. The van der Waals surface area contributed by atoms with Gasteiger partial charge in [-0.05, 0) is 6.92 Å². The first-order valence-corrected chi connectivity index (χ1v) is 7.58. The minimum Gasteiger partial charge on any atom is -0.481 e. The molecule has 26 heavy (non-hydrogen) atoms. The number of H-pyrrole nitrogens is 1. The Morgan fingerprint density at radius 2 is 1.88 bits per heavy atom. The topological polar surface area (TPSA) is 208 Å². The fourth-order valence-electron chi connectivity index (χ4n) is 2.03. The van der Waals surface area contributed by atoms with E-state index in [0.29, 0.717) is 5.69 Å². The normalized spacial score (nSPS) is 15.3. The van der Waals surface area contributed by atoms with Gasteiger partial charge in [0.25, 0.3) is 0 Å². The summed E-state index contributed by atoms with van der Waals surface area (Å²) in [5, 5.41) is 31.6. The predicted octanol–water partition coefficient (Wildman–Crippen LogP) is -2.81. The molecule has 12 heteroatoms. The first-order chi connectivity index (χ1) is 12.1. The largest absolute Gasteiger partial charge is 0.481 e. The van der Waals surface area contributed by atoms with Crippen molar-refractivity contribution in [2.45, 2.75) is 44.0 Å². The number of amides is 2. The van der Waals surface area contributed by atoms with Crippen LogP contribution in [0, 0.1) is 0 Å². The van der Waals surface area contributed by atoms with E-state index in [2.05, 4.69) is 20.6 Å². The summed E-state index contributed by atoms with van der Waals surface area (Å²) in [7, 11) is 0. The molecular formula is C14H21N5O7. The molecule has 0 aromatic carbocycles. The molecule has 0 aliphatic rings. The zero-order valence-corrected chi connectivity index (χ0v) is 13.9. The van der Waals surface area contributed by atoms with Gasteiger partial charge in [0.15, 0.2) is 6.04 Å². The van der Waals surface area contributed by atoms with Gasteiger partial charge in [0.1, 0.15) is 6.04 Å². The van der Waals surface area contributed by atoms with Crippen LogP contribution >= 0.6 is 0 Å². The Morgan fingerprint density at radius 3 is 2.35 bits per heavy atom. The summed E-state index contributed by atoms with van der Waals surface area (Å²) in [5.41, 5.74) is 5.92. The molecule has 0 aliphatic carbocycles. The number of nitrogens with zero attached hydrogens (tertiary/aromatic N) is 1. The molecule has 8 N–H and O–H groups in total. The lowest BCUT2D eigenvalue weighted by molar-refractivity contribution is -0.145. The number of carboxylic acid groups (broad SMARTS) is 2. The number of imidazole rings is 1. The van der Waals surface area contributed by atoms with Crippen molar-refractivity contribution in [2.24, 2.45) is 5.73 Å². The summed E-state index contributed by atoms with van der Waals surface area (Å²) in [6, 6.07) is -4.24. The van der Waals surface area contributed by atoms with Gasteiger partial charge in [-0.25, -0.2) is 9.78 Å². The monoisotopic (exact) mass is 371 g/mol. The molecule has 144 valence electrons. The summed E-state index contributed by atoms with van der Waals surface area (Å²) in [5.74, 6) is -4.52. The highest BCUT2D eigenvalue weighted by atomic mass is 16.4. The second-order valence-corrected chi connectivity index (χ2v) is 5.61. The maximum Gasteiger partial charge on any atom is 0.328 e. The molecule has 1 aromatic rings. The summed E-state index contributed by atoms with van der Waals surface area (Å²) < 4.78 is 0. The Hall–Kier alpha value is -2.99. The average molecular weight is 371 g/mol. The van der Waals surface area contributed by atoms with Gasteiger partial charge in [0, 0.05) is 18.3 Å². The van der Waals surface area contributed by atoms with Gasteiger partial charge in [0.05, 0.1) is 24.9 Å². The number of aliphatic hydroxyl groups excluding tert-OH is 1. The van der Waals surface area contributed by atoms with Gasteiger partial charge in [-0.1, -0.05) is 0 Å². The van der Waals surface area contributed by atoms with Crippen LogP contribution in [0.25, 0.3) is 0 Å². The van der Waals surface area contributed by atoms with Crippen molar-refractivity contribution in [3.8, 4) is 0 Å². The Morgan fingerprint density at radius 1 is 1.23 bits per heavy atom. The van der Waals surface area contributed by atoms with Crippen LogP contribution in [0.3, 0.4) is 0 Å². The molecule has 0 bridgehead atoms. The highest BCUT2D eigenvalue weighted by molar-refractivity contribution is 5.93. The van der Waals surface area contributed by atoms with Gasteiger partial charge in [-0.15, -0.1) is 0 Å². The van der Waals surface area contributed by atoms with Crippen molar-refractivity contribution in [2.75, 3.05) is 0 Å². The summed E-state index contributed by atoms with van der Waals surface area (Å²) in [6.45, 7) is 1.18. The summed E-state index contributed by atoms with van der Waals surface area (Å²) in [6.07, 6.45) is 0.638. The number of carbonyl (C=O) groups excluding carboxylic acids is 2. The van der Waals surface area contributed by atoms with Crippen molar-refractivity contribution < 1.29 is 34.5 Å². The Kier molecular flexibility index (Phi) is 7.68. The standard InChI is InChI=1S/C14H21N5O7/c1-6(20)11(14(25)26)19-13(24)9(2-7-4-16-5-17-7)18-12(23)8(15)3-10(21)22/h4-6,8-9,11,20H,2-3,15H2,1H3,(H,16,17)(H,18,23)(H,19,24)(H,21,22)(H,25,26)/t6-,8+,9+,11+/m1/s1. The van der Waals surface area contributed by atoms with E-state index in [9.17, 15) is 24.3 Å². The molecule has 1 aromatic heterocycles. The molecule has 1 heterocycles. The smallest absolute Gasteiger partial charge is 0.328 e. The lowest BCUT2D eigenvalue weighted by Gasteiger charge is -2.23. The molecule has 0 aliphatic heterocycles. The van der Waals surface area contributed by atoms with Crippen molar-refractivity contribution in [3.63, 3.8) is 0 Å². The number of hydrogen-bond donors (Lipinski definition) is 7. The minimum absolute atomic E-state index is 0.0798. The Labute approximate surface area is 147 Å². The molecule has 0 spiro atoms. The van der Waals surface area contributed by atoms with E-state index in [4.69, 9.17) is 15.9 Å². The first kappa shape index (κ1) is 21.1. The molecule has 0 unspecified atom stereocenters. The fourth-order valence-corrected chi connectivity index (χ4v) is 2.03. The number of nitrogens with two attached hydrogens (primary N) is 1. The third-order valence-electron chi connectivity index (χ3n) is 3.39. The molecule has 2 amide bonds. The maximum absolute atomic E-state index is 12.4. The number of aromatic nitrogens is 2. The van der Waals surface area contributed by atoms with Crippen LogP contribution in [0.5, 0.6) is 0 Å². The zero-order chi connectivity index (χ0) is 19.9. The Balaban J connectivity index is 2.90. The van der Waals surface area contributed by atoms with Crippen LogP contribution in [-0.2, 0) is 25.6 Å². The van der Waals surface area contributed by atoms with Gasteiger partial charge >= 0.3 is 11.9 Å². The first-order valence-electron chi connectivity index (χ1n) is 7.58. The second kappa shape index (κ2) is 9.48. The lowest BCUT2D eigenvalue weighted by atomic mass is 10.1. The van der Waals surface area contributed by atoms with Crippen molar-refractivity contribution in [3.05, 3.63) is 18.2 Å². The van der Waals surface area contributed by atoms with Gasteiger partial charge in [-0.2, -0.15) is 0 Å². The van der Waals surface area contributed by atoms with Gasteiger partial charge in [-0.3, -0.25) is 14.4 Å². The van der Waals surface area contributed by atoms with E-state index in [0.717, 1.165) is 0 Å². The molecule has 0 saturated carbocycles. The number of hydrogen-bond acceptors (Lipinski definition) is 7. The van der Waals surface area contributed by atoms with E-state index >= 15 is 0 Å². The van der Waals surface area contributed by atoms with E-state index < -0.39 is 54.4 Å². The van der Waals surface area contributed by atoms with Crippen LogP contribution in [0.1, 0.15) is 19.0 Å². The third kappa shape index (κ3) is 6.49. The molecule has 12 nitrogen and oxygen atoms in total. The number of nitrogens with one attached hydrogen (secondary N) is 3. The highest BCUT2D eigenvalue weighted by Crippen LogP contribution is 2.02. The molecule has 0 fully saturated rings. The van der Waals surface area contributed by atoms with Crippen LogP contribution in [0.2, 0.25) is 0 Å². The maximum atomic E-state index is 12.4. The van der Waals surface area contributed by atoms with Crippen LogP contribution < -0.4 is 16.4 Å². The van der Waals surface area contributed by atoms with Crippen molar-refractivity contribution in [1.29, 1.82) is 0 Å². The molecule has 0 radical (unpaired) electrons. The van der Waals surface area contributed by atoms with E-state index in [-0.39, 0.29) is 6.42 Å². The quantitative estimate of drug-likeness (QED) is 0.226. The third-order valence-corrected chi connectivity index (χ3v) is 3.39.